The predicted molar refractivity (Wildman–Crippen MR) is 76.9 cm³/mol. The van der Waals surface area contributed by atoms with Crippen LogP contribution in [0, 0.1) is 17.2 Å². The first-order valence-electron chi connectivity index (χ1n) is 7.33. The summed E-state index contributed by atoms with van der Waals surface area (Å²) in [6.45, 7) is 5.02. The van der Waals surface area contributed by atoms with Gasteiger partial charge in [-0.25, -0.2) is 0 Å². The molecule has 0 amide bonds. The van der Waals surface area contributed by atoms with E-state index in [0.29, 0.717) is 37.6 Å². The minimum absolute atomic E-state index is 0.278. The van der Waals surface area contributed by atoms with Crippen LogP contribution in [0.5, 0.6) is 11.5 Å². The number of para-hydroxylation sites is 2. The van der Waals surface area contributed by atoms with Gasteiger partial charge in [0.2, 0.25) is 0 Å². The fourth-order valence-corrected chi connectivity index (χ4v) is 2.25. The highest BCUT2D eigenvalue weighted by atomic mass is 16.7. The summed E-state index contributed by atoms with van der Waals surface area (Å²) in [6, 6.07) is 9.70. The van der Waals surface area contributed by atoms with E-state index in [1.165, 1.54) is 0 Å². The van der Waals surface area contributed by atoms with Gasteiger partial charge < -0.3 is 18.9 Å². The maximum atomic E-state index is 9.35. The van der Waals surface area contributed by atoms with E-state index in [2.05, 4.69) is 6.07 Å². The second kappa shape index (κ2) is 7.87. The Morgan fingerprint density at radius 1 is 1.10 bits per heavy atom. The number of hydrogen-bond donors (Lipinski definition) is 0. The Balaban J connectivity index is 1.88. The van der Waals surface area contributed by atoms with Gasteiger partial charge in [0.1, 0.15) is 5.92 Å². The van der Waals surface area contributed by atoms with E-state index < -0.39 is 6.29 Å². The molecule has 114 valence electrons. The summed E-state index contributed by atoms with van der Waals surface area (Å²) in [4.78, 5) is 0. The van der Waals surface area contributed by atoms with Crippen LogP contribution in [0.15, 0.2) is 24.3 Å². The first kappa shape index (κ1) is 15.6. The Bertz CT molecular complexity index is 454. The van der Waals surface area contributed by atoms with E-state index in [0.717, 1.165) is 0 Å². The van der Waals surface area contributed by atoms with E-state index >= 15 is 0 Å². The second-order valence-electron chi connectivity index (χ2n) is 4.70. The van der Waals surface area contributed by atoms with Crippen molar-refractivity contribution >= 4 is 0 Å². The van der Waals surface area contributed by atoms with Gasteiger partial charge in [-0.05, 0) is 38.8 Å². The molecule has 0 saturated carbocycles. The number of hydrogen-bond acceptors (Lipinski definition) is 5. The summed E-state index contributed by atoms with van der Waals surface area (Å²) < 4.78 is 22.3. The lowest BCUT2D eigenvalue weighted by molar-refractivity contribution is -0.143. The lowest BCUT2D eigenvalue weighted by Gasteiger charge is -2.20. The highest BCUT2D eigenvalue weighted by molar-refractivity contribution is 5.42. The Morgan fingerprint density at radius 2 is 1.67 bits per heavy atom. The van der Waals surface area contributed by atoms with Crippen molar-refractivity contribution in [1.29, 1.82) is 5.26 Å². The van der Waals surface area contributed by atoms with Crippen molar-refractivity contribution in [3.63, 3.8) is 0 Å². The number of benzene rings is 1. The average Bonchev–Trinajstić information content (AvgIpc) is 2.92. The summed E-state index contributed by atoms with van der Waals surface area (Å²) in [5, 5.41) is 9.35. The Morgan fingerprint density at radius 3 is 2.14 bits per heavy atom. The maximum Gasteiger partial charge on any atom is 0.257 e. The quantitative estimate of drug-likeness (QED) is 0.689. The molecule has 1 aliphatic heterocycles. The minimum atomic E-state index is -0.559. The van der Waals surface area contributed by atoms with Crippen LogP contribution in [-0.2, 0) is 9.47 Å². The largest absolute Gasteiger partial charge is 0.450 e. The fourth-order valence-electron chi connectivity index (χ4n) is 2.25. The van der Waals surface area contributed by atoms with Crippen LogP contribution in [0.4, 0.5) is 0 Å². The zero-order valence-electron chi connectivity index (χ0n) is 12.5. The molecule has 1 atom stereocenters. The Hall–Kier alpha value is -1.77. The van der Waals surface area contributed by atoms with E-state index in [9.17, 15) is 5.26 Å². The van der Waals surface area contributed by atoms with Gasteiger partial charge in [0, 0.05) is 13.2 Å². The number of nitriles is 1. The molecule has 0 bridgehead atoms. The van der Waals surface area contributed by atoms with Crippen molar-refractivity contribution < 1.29 is 18.9 Å². The van der Waals surface area contributed by atoms with Crippen LogP contribution in [0.3, 0.4) is 0 Å². The molecule has 0 saturated heterocycles. The third-order valence-corrected chi connectivity index (χ3v) is 3.25. The Kier molecular flexibility index (Phi) is 5.85. The summed E-state index contributed by atoms with van der Waals surface area (Å²) in [5.41, 5.74) is 0. The highest BCUT2D eigenvalue weighted by Crippen LogP contribution is 2.36. The third-order valence-electron chi connectivity index (χ3n) is 3.25. The lowest BCUT2D eigenvalue weighted by atomic mass is 10.0. The fraction of sp³-hybridized carbons (Fsp3) is 0.562. The molecule has 0 N–H and O–H groups in total. The Labute approximate surface area is 125 Å². The molecule has 5 heteroatoms. The van der Waals surface area contributed by atoms with E-state index in [4.69, 9.17) is 18.9 Å². The molecule has 1 unspecified atom stereocenters. The molecule has 1 aromatic rings. The standard InChI is InChI=1S/C16H21NO4/c1-3-18-15(19-4-2)10-9-12(11-17)16-20-13-7-5-6-8-14(13)21-16/h5-8,12,15-16H,3-4,9-10H2,1-2H3. The van der Waals surface area contributed by atoms with Crippen molar-refractivity contribution in [3.8, 4) is 17.6 Å². The predicted octanol–water partition coefficient (Wildman–Crippen LogP) is 3.10. The molecule has 1 heterocycles. The van der Waals surface area contributed by atoms with Gasteiger partial charge in [-0.3, -0.25) is 0 Å². The van der Waals surface area contributed by atoms with Gasteiger partial charge in [-0.2, -0.15) is 5.26 Å². The van der Waals surface area contributed by atoms with Gasteiger partial charge in [0.15, 0.2) is 17.8 Å². The highest BCUT2D eigenvalue weighted by Gasteiger charge is 2.32. The second-order valence-corrected chi connectivity index (χ2v) is 4.70. The first-order chi connectivity index (χ1) is 10.3. The molecule has 21 heavy (non-hydrogen) atoms. The molecule has 0 aliphatic carbocycles. The monoisotopic (exact) mass is 291 g/mol. The average molecular weight is 291 g/mol. The van der Waals surface area contributed by atoms with Crippen LogP contribution in [0.2, 0.25) is 0 Å². The minimum Gasteiger partial charge on any atom is -0.450 e. The van der Waals surface area contributed by atoms with Crippen LogP contribution in [0.1, 0.15) is 26.7 Å². The topological polar surface area (TPSA) is 60.7 Å². The molecule has 0 radical (unpaired) electrons. The van der Waals surface area contributed by atoms with E-state index in [-0.39, 0.29) is 12.2 Å². The molecule has 0 spiro atoms. The molecule has 0 aromatic heterocycles. The van der Waals surface area contributed by atoms with Crippen LogP contribution >= 0.6 is 0 Å². The summed E-state index contributed by atoms with van der Waals surface area (Å²) in [6.07, 6.45) is 0.398. The van der Waals surface area contributed by atoms with Gasteiger partial charge in [0.05, 0.1) is 6.07 Å². The van der Waals surface area contributed by atoms with E-state index in [1.807, 2.05) is 38.1 Å². The van der Waals surface area contributed by atoms with Crippen molar-refractivity contribution in [2.45, 2.75) is 39.3 Å². The van der Waals surface area contributed by atoms with Gasteiger partial charge in [-0.15, -0.1) is 0 Å². The van der Waals surface area contributed by atoms with Gasteiger partial charge >= 0.3 is 0 Å². The molecule has 1 aromatic carbocycles. The molecular weight excluding hydrogens is 270 g/mol. The zero-order chi connectivity index (χ0) is 15.1. The van der Waals surface area contributed by atoms with Gasteiger partial charge in [-0.1, -0.05) is 12.1 Å². The first-order valence-corrected chi connectivity index (χ1v) is 7.33. The zero-order valence-corrected chi connectivity index (χ0v) is 12.5. The summed E-state index contributed by atoms with van der Waals surface area (Å²) >= 11 is 0. The van der Waals surface area contributed by atoms with Gasteiger partial charge in [0.25, 0.3) is 6.29 Å². The summed E-state index contributed by atoms with van der Waals surface area (Å²) in [7, 11) is 0. The smallest absolute Gasteiger partial charge is 0.257 e. The lowest BCUT2D eigenvalue weighted by Crippen LogP contribution is -2.29. The van der Waals surface area contributed by atoms with Crippen LogP contribution < -0.4 is 9.47 Å². The van der Waals surface area contributed by atoms with Crippen LogP contribution in [-0.4, -0.2) is 25.8 Å². The number of fused-ring (bicyclic) bond motifs is 1. The van der Waals surface area contributed by atoms with Crippen molar-refractivity contribution in [2.75, 3.05) is 13.2 Å². The number of rotatable bonds is 8. The normalized spacial score (nSPS) is 15.1. The number of nitrogens with zero attached hydrogens (tertiary/aromatic N) is 1. The van der Waals surface area contributed by atoms with E-state index in [1.54, 1.807) is 0 Å². The van der Waals surface area contributed by atoms with Crippen molar-refractivity contribution in [3.05, 3.63) is 24.3 Å². The maximum absolute atomic E-state index is 9.35. The molecule has 2 rings (SSSR count). The third kappa shape index (κ3) is 4.10. The molecule has 1 aliphatic rings. The number of ether oxygens (including phenoxy) is 4. The van der Waals surface area contributed by atoms with Crippen molar-refractivity contribution in [1.82, 2.24) is 0 Å². The molecular formula is C16H21NO4. The van der Waals surface area contributed by atoms with Crippen LogP contribution in [0.25, 0.3) is 0 Å². The molecule has 5 nitrogen and oxygen atoms in total. The summed E-state index contributed by atoms with van der Waals surface area (Å²) in [5.74, 6) is 1.02. The van der Waals surface area contributed by atoms with Crippen molar-refractivity contribution in [2.24, 2.45) is 5.92 Å². The SMILES string of the molecule is CCOC(CCC(C#N)C1Oc2ccccc2O1)OCC. The molecule has 0 fully saturated rings.